The lowest BCUT2D eigenvalue weighted by molar-refractivity contribution is 0.123. The number of rotatable bonds is 5. The summed E-state index contributed by atoms with van der Waals surface area (Å²) >= 11 is 0. The summed E-state index contributed by atoms with van der Waals surface area (Å²) in [6.45, 7) is 2.64. The molecule has 1 unspecified atom stereocenters. The molecule has 2 rings (SSSR count). The minimum atomic E-state index is -0.458. The third-order valence-electron chi connectivity index (χ3n) is 2.64. The maximum absolute atomic E-state index is 9.18. The molecule has 0 bridgehead atoms. The Morgan fingerprint density at radius 2 is 2.29 bits per heavy atom. The van der Waals surface area contributed by atoms with Crippen LogP contribution in [0.3, 0.4) is 0 Å². The molecule has 0 spiro atoms. The number of H-pyrrole nitrogens is 1. The molecule has 0 radical (unpaired) electrons. The van der Waals surface area contributed by atoms with Crippen LogP contribution in [0, 0.1) is 0 Å². The molecule has 0 aliphatic heterocycles. The van der Waals surface area contributed by atoms with Gasteiger partial charge < -0.3 is 20.6 Å². The van der Waals surface area contributed by atoms with Crippen LogP contribution in [-0.4, -0.2) is 29.3 Å². The van der Waals surface area contributed by atoms with Crippen LogP contribution in [0.5, 0.6) is 5.75 Å². The van der Waals surface area contributed by atoms with E-state index in [1.165, 1.54) is 5.56 Å². The third-order valence-corrected chi connectivity index (χ3v) is 2.64. The third kappa shape index (κ3) is 2.78. The van der Waals surface area contributed by atoms with Gasteiger partial charge in [0.05, 0.1) is 6.10 Å². The molecule has 2 aromatic rings. The van der Waals surface area contributed by atoms with Crippen molar-refractivity contribution in [1.82, 2.24) is 4.98 Å². The average molecular weight is 234 g/mol. The van der Waals surface area contributed by atoms with Gasteiger partial charge in [0.25, 0.3) is 0 Å². The summed E-state index contributed by atoms with van der Waals surface area (Å²) in [6, 6.07) is 5.86. The first kappa shape index (κ1) is 12.0. The van der Waals surface area contributed by atoms with Gasteiger partial charge in [-0.2, -0.15) is 0 Å². The predicted octanol–water partition coefficient (Wildman–Crippen LogP) is 1.43. The Kier molecular flexibility index (Phi) is 3.66. The minimum Gasteiger partial charge on any atom is -0.491 e. The van der Waals surface area contributed by atoms with Gasteiger partial charge in [-0.05, 0) is 43.7 Å². The normalized spacial score (nSPS) is 12.9. The van der Waals surface area contributed by atoms with E-state index in [0.717, 1.165) is 23.1 Å². The maximum atomic E-state index is 9.18. The lowest BCUT2D eigenvalue weighted by Gasteiger charge is -2.08. The van der Waals surface area contributed by atoms with Gasteiger partial charge in [0, 0.05) is 17.1 Å². The van der Waals surface area contributed by atoms with Crippen molar-refractivity contribution >= 4 is 10.9 Å². The zero-order valence-corrected chi connectivity index (χ0v) is 9.94. The number of nitrogens with one attached hydrogen (secondary N) is 1. The molecule has 1 heterocycles. The van der Waals surface area contributed by atoms with E-state index >= 15 is 0 Å². The smallest absolute Gasteiger partial charge is 0.120 e. The second-order valence-corrected chi connectivity index (χ2v) is 4.22. The first-order valence-corrected chi connectivity index (χ1v) is 5.81. The van der Waals surface area contributed by atoms with E-state index in [-0.39, 0.29) is 0 Å². The molecular weight excluding hydrogens is 216 g/mol. The number of hydrogen-bond acceptors (Lipinski definition) is 3. The summed E-state index contributed by atoms with van der Waals surface area (Å²) in [5.74, 6) is 0.774. The molecular formula is C13H18N2O2. The highest BCUT2D eigenvalue weighted by Gasteiger charge is 2.05. The average Bonchev–Trinajstić information content (AvgIpc) is 2.70. The van der Waals surface area contributed by atoms with Gasteiger partial charge in [-0.25, -0.2) is 0 Å². The fourth-order valence-corrected chi connectivity index (χ4v) is 1.83. The SMILES string of the molecule is CC(O)COc1ccc2[nH]cc(CCN)c2c1. The monoisotopic (exact) mass is 234 g/mol. The zero-order valence-electron chi connectivity index (χ0n) is 9.94. The van der Waals surface area contributed by atoms with Crippen molar-refractivity contribution in [3.05, 3.63) is 30.0 Å². The summed E-state index contributed by atoms with van der Waals surface area (Å²) in [5, 5.41) is 10.3. The van der Waals surface area contributed by atoms with Gasteiger partial charge in [0.2, 0.25) is 0 Å². The van der Waals surface area contributed by atoms with Crippen molar-refractivity contribution in [1.29, 1.82) is 0 Å². The number of benzene rings is 1. The number of fused-ring (bicyclic) bond motifs is 1. The van der Waals surface area contributed by atoms with Gasteiger partial charge in [0.15, 0.2) is 0 Å². The fraction of sp³-hybridized carbons (Fsp3) is 0.385. The van der Waals surface area contributed by atoms with Crippen molar-refractivity contribution in [3.8, 4) is 5.75 Å². The van der Waals surface area contributed by atoms with E-state index in [0.29, 0.717) is 13.2 Å². The van der Waals surface area contributed by atoms with Crippen molar-refractivity contribution in [2.24, 2.45) is 5.73 Å². The molecule has 1 atom stereocenters. The second-order valence-electron chi connectivity index (χ2n) is 4.22. The molecule has 0 aliphatic carbocycles. The van der Waals surface area contributed by atoms with Crippen LogP contribution >= 0.6 is 0 Å². The highest BCUT2D eigenvalue weighted by atomic mass is 16.5. The van der Waals surface area contributed by atoms with Crippen LogP contribution in [0.15, 0.2) is 24.4 Å². The Labute approximate surface area is 100 Å². The topological polar surface area (TPSA) is 71.3 Å². The lowest BCUT2D eigenvalue weighted by Crippen LogP contribution is -2.12. The molecule has 4 N–H and O–H groups in total. The summed E-state index contributed by atoms with van der Waals surface area (Å²) in [6.07, 6.45) is 2.37. The molecule has 0 aliphatic rings. The molecule has 0 saturated heterocycles. The number of ether oxygens (including phenoxy) is 1. The van der Waals surface area contributed by atoms with E-state index in [4.69, 9.17) is 10.5 Å². The molecule has 0 fully saturated rings. The molecule has 92 valence electrons. The van der Waals surface area contributed by atoms with Gasteiger partial charge in [-0.15, -0.1) is 0 Å². The maximum Gasteiger partial charge on any atom is 0.120 e. The fourth-order valence-electron chi connectivity index (χ4n) is 1.83. The van der Waals surface area contributed by atoms with Gasteiger partial charge >= 0.3 is 0 Å². The number of aromatic nitrogens is 1. The molecule has 4 heteroatoms. The number of aromatic amines is 1. The highest BCUT2D eigenvalue weighted by molar-refractivity contribution is 5.84. The van der Waals surface area contributed by atoms with E-state index in [1.807, 2.05) is 24.4 Å². The van der Waals surface area contributed by atoms with E-state index in [9.17, 15) is 5.11 Å². The minimum absolute atomic E-state index is 0.308. The molecule has 0 saturated carbocycles. The first-order valence-electron chi connectivity index (χ1n) is 5.81. The van der Waals surface area contributed by atoms with Crippen LogP contribution in [0.4, 0.5) is 0 Å². The Morgan fingerprint density at radius 3 is 3.00 bits per heavy atom. The Balaban J connectivity index is 2.24. The number of nitrogens with two attached hydrogens (primary N) is 1. The zero-order chi connectivity index (χ0) is 12.3. The Bertz CT molecular complexity index is 491. The number of aliphatic hydroxyl groups excluding tert-OH is 1. The molecule has 1 aromatic carbocycles. The van der Waals surface area contributed by atoms with Crippen LogP contribution in [0.2, 0.25) is 0 Å². The largest absolute Gasteiger partial charge is 0.491 e. The quantitative estimate of drug-likeness (QED) is 0.733. The van der Waals surface area contributed by atoms with Crippen LogP contribution < -0.4 is 10.5 Å². The van der Waals surface area contributed by atoms with Crippen molar-refractivity contribution in [2.75, 3.05) is 13.2 Å². The van der Waals surface area contributed by atoms with Gasteiger partial charge in [0.1, 0.15) is 12.4 Å². The number of aliphatic hydroxyl groups is 1. The first-order chi connectivity index (χ1) is 8.20. The summed E-state index contributed by atoms with van der Waals surface area (Å²) in [7, 11) is 0. The standard InChI is InChI=1S/C13H18N2O2/c1-9(16)8-17-11-2-3-13-12(6-11)10(4-5-14)7-15-13/h2-3,6-7,9,15-16H,4-5,8,14H2,1H3. The van der Waals surface area contributed by atoms with Crippen LogP contribution in [0.25, 0.3) is 10.9 Å². The van der Waals surface area contributed by atoms with E-state index in [2.05, 4.69) is 4.98 Å². The van der Waals surface area contributed by atoms with Crippen molar-refractivity contribution in [2.45, 2.75) is 19.4 Å². The van der Waals surface area contributed by atoms with Crippen molar-refractivity contribution in [3.63, 3.8) is 0 Å². The van der Waals surface area contributed by atoms with Crippen molar-refractivity contribution < 1.29 is 9.84 Å². The molecule has 4 nitrogen and oxygen atoms in total. The van der Waals surface area contributed by atoms with Gasteiger partial charge in [-0.3, -0.25) is 0 Å². The summed E-state index contributed by atoms with van der Waals surface area (Å²) in [5.41, 5.74) is 7.85. The van der Waals surface area contributed by atoms with E-state index in [1.54, 1.807) is 6.92 Å². The molecule has 1 aromatic heterocycles. The molecule has 17 heavy (non-hydrogen) atoms. The van der Waals surface area contributed by atoms with Gasteiger partial charge in [-0.1, -0.05) is 0 Å². The lowest BCUT2D eigenvalue weighted by atomic mass is 10.1. The summed E-state index contributed by atoms with van der Waals surface area (Å²) in [4.78, 5) is 3.20. The highest BCUT2D eigenvalue weighted by Crippen LogP contribution is 2.24. The predicted molar refractivity (Wildman–Crippen MR) is 68.2 cm³/mol. The van der Waals surface area contributed by atoms with Crippen LogP contribution in [0.1, 0.15) is 12.5 Å². The Morgan fingerprint density at radius 1 is 1.47 bits per heavy atom. The van der Waals surface area contributed by atoms with Crippen LogP contribution in [-0.2, 0) is 6.42 Å². The Hall–Kier alpha value is -1.52. The molecule has 0 amide bonds. The number of hydrogen-bond donors (Lipinski definition) is 3. The van der Waals surface area contributed by atoms with E-state index < -0.39 is 6.10 Å². The summed E-state index contributed by atoms with van der Waals surface area (Å²) < 4.78 is 5.48. The second kappa shape index (κ2) is 5.21.